The summed E-state index contributed by atoms with van der Waals surface area (Å²) in [5.41, 5.74) is 3.58. The molecule has 0 saturated carbocycles. The molecule has 5 nitrogen and oxygen atoms in total. The Hall–Kier alpha value is -2.47. The van der Waals surface area contributed by atoms with Gasteiger partial charge >= 0.3 is 5.97 Å². The van der Waals surface area contributed by atoms with Crippen LogP contribution in [0, 0.1) is 6.92 Å². The van der Waals surface area contributed by atoms with E-state index in [1.165, 1.54) is 34.9 Å². The molecule has 0 aliphatic heterocycles. The Balaban J connectivity index is 2.09. The van der Waals surface area contributed by atoms with Gasteiger partial charge in [-0.25, -0.2) is 4.98 Å². The zero-order valence-electron chi connectivity index (χ0n) is 12.2. The highest BCUT2D eigenvalue weighted by molar-refractivity contribution is 7.17. The number of methoxy groups -OCH3 is 1. The highest BCUT2D eigenvalue weighted by Gasteiger charge is 2.13. The highest BCUT2D eigenvalue weighted by atomic mass is 32.1. The minimum atomic E-state index is -0.474. The third kappa shape index (κ3) is 2.53. The van der Waals surface area contributed by atoms with Crippen LogP contribution in [-0.4, -0.2) is 22.6 Å². The molecule has 22 heavy (non-hydrogen) atoms. The minimum absolute atomic E-state index is 0.129. The van der Waals surface area contributed by atoms with Crippen LogP contribution in [0.1, 0.15) is 5.56 Å². The van der Waals surface area contributed by atoms with Crippen molar-refractivity contribution >= 4 is 27.5 Å². The lowest BCUT2D eigenvalue weighted by Gasteiger charge is -2.04. The molecule has 0 amide bonds. The van der Waals surface area contributed by atoms with Gasteiger partial charge in [0.05, 0.1) is 19.0 Å². The first kappa shape index (κ1) is 14.5. The molecule has 2 aromatic heterocycles. The molecule has 0 unspecified atom stereocenters. The molecule has 0 fully saturated rings. The van der Waals surface area contributed by atoms with Crippen molar-refractivity contribution < 1.29 is 9.53 Å². The number of aryl methyl sites for hydroxylation is 1. The number of aromatic nitrogens is 2. The quantitative estimate of drug-likeness (QED) is 0.697. The maximum atomic E-state index is 12.4. The Bertz CT molecular complexity index is 894. The molecule has 0 aliphatic rings. The smallest absolute Gasteiger partial charge is 0.325 e. The predicted octanol–water partition coefficient (Wildman–Crippen LogP) is 2.61. The molecule has 0 spiro atoms. The van der Waals surface area contributed by atoms with Gasteiger partial charge in [-0.2, -0.15) is 0 Å². The molecule has 0 N–H and O–H groups in total. The number of nitrogens with zero attached hydrogens (tertiary/aromatic N) is 2. The number of carbonyl (C=O) groups is 1. The molecule has 0 bridgehead atoms. The standard InChI is InChI=1S/C16H14N2O3S/c1-10-3-5-11(6-4-10)12-8-22-15-14(12)17-9-18(16(15)20)7-13(19)21-2/h3-6,8-9H,7H2,1-2H3. The SMILES string of the molecule is COC(=O)Cn1cnc2c(-c3ccc(C)cc3)csc2c1=O. The normalized spacial score (nSPS) is 10.8. The molecule has 2 heterocycles. The molecular formula is C16H14N2O3S. The van der Waals surface area contributed by atoms with E-state index in [0.29, 0.717) is 10.2 Å². The van der Waals surface area contributed by atoms with E-state index in [9.17, 15) is 9.59 Å². The highest BCUT2D eigenvalue weighted by Crippen LogP contribution is 2.30. The Morgan fingerprint density at radius 2 is 2.05 bits per heavy atom. The minimum Gasteiger partial charge on any atom is -0.468 e. The monoisotopic (exact) mass is 314 g/mol. The van der Waals surface area contributed by atoms with Gasteiger partial charge in [-0.05, 0) is 12.5 Å². The van der Waals surface area contributed by atoms with Crippen LogP contribution in [0.5, 0.6) is 0 Å². The van der Waals surface area contributed by atoms with E-state index in [-0.39, 0.29) is 12.1 Å². The number of hydrogen-bond acceptors (Lipinski definition) is 5. The Labute approximate surface area is 130 Å². The fraction of sp³-hybridized carbons (Fsp3) is 0.188. The van der Waals surface area contributed by atoms with Crippen LogP contribution in [-0.2, 0) is 16.1 Å². The summed E-state index contributed by atoms with van der Waals surface area (Å²) in [7, 11) is 1.29. The summed E-state index contributed by atoms with van der Waals surface area (Å²) in [5, 5.41) is 1.92. The molecule has 3 aromatic rings. The largest absolute Gasteiger partial charge is 0.468 e. The van der Waals surface area contributed by atoms with Crippen LogP contribution >= 0.6 is 11.3 Å². The van der Waals surface area contributed by atoms with Crippen molar-refractivity contribution in [1.82, 2.24) is 9.55 Å². The number of rotatable bonds is 3. The van der Waals surface area contributed by atoms with Crippen molar-refractivity contribution in [3.8, 4) is 11.1 Å². The predicted molar refractivity (Wildman–Crippen MR) is 86.1 cm³/mol. The number of hydrogen-bond donors (Lipinski definition) is 0. The topological polar surface area (TPSA) is 61.2 Å². The maximum Gasteiger partial charge on any atom is 0.325 e. The number of benzene rings is 1. The number of carbonyl (C=O) groups excluding carboxylic acids is 1. The van der Waals surface area contributed by atoms with Crippen molar-refractivity contribution in [3.05, 3.63) is 51.9 Å². The summed E-state index contributed by atoms with van der Waals surface area (Å²) >= 11 is 1.34. The van der Waals surface area contributed by atoms with Gasteiger partial charge in [-0.1, -0.05) is 29.8 Å². The lowest BCUT2D eigenvalue weighted by atomic mass is 10.1. The Kier molecular flexibility index (Phi) is 3.77. The average molecular weight is 314 g/mol. The lowest BCUT2D eigenvalue weighted by molar-refractivity contribution is -0.141. The fourth-order valence-electron chi connectivity index (χ4n) is 2.20. The van der Waals surface area contributed by atoms with Crippen molar-refractivity contribution in [2.75, 3.05) is 7.11 Å². The summed E-state index contributed by atoms with van der Waals surface area (Å²) < 4.78 is 6.39. The lowest BCUT2D eigenvalue weighted by Crippen LogP contribution is -2.24. The van der Waals surface area contributed by atoms with Gasteiger partial charge in [0.2, 0.25) is 0 Å². The fourth-order valence-corrected chi connectivity index (χ4v) is 3.17. The Morgan fingerprint density at radius 1 is 1.32 bits per heavy atom. The van der Waals surface area contributed by atoms with Gasteiger partial charge in [-0.3, -0.25) is 14.2 Å². The number of esters is 1. The molecule has 0 atom stereocenters. The first-order valence-corrected chi connectivity index (χ1v) is 7.58. The number of thiophene rings is 1. The molecule has 0 saturated heterocycles. The average Bonchev–Trinajstić information content (AvgIpc) is 2.95. The van der Waals surface area contributed by atoms with Crippen LogP contribution < -0.4 is 5.56 Å². The second-order valence-corrected chi connectivity index (χ2v) is 5.83. The van der Waals surface area contributed by atoms with Gasteiger partial charge < -0.3 is 4.74 Å². The van der Waals surface area contributed by atoms with E-state index in [0.717, 1.165) is 11.1 Å². The molecule has 1 aromatic carbocycles. The van der Waals surface area contributed by atoms with E-state index in [4.69, 9.17) is 0 Å². The summed E-state index contributed by atoms with van der Waals surface area (Å²) in [4.78, 5) is 28.1. The van der Waals surface area contributed by atoms with Crippen molar-refractivity contribution in [2.45, 2.75) is 13.5 Å². The number of ether oxygens (including phenoxy) is 1. The van der Waals surface area contributed by atoms with Crippen molar-refractivity contribution in [2.24, 2.45) is 0 Å². The van der Waals surface area contributed by atoms with Gasteiger partial charge in [0.25, 0.3) is 5.56 Å². The third-order valence-corrected chi connectivity index (χ3v) is 4.39. The van der Waals surface area contributed by atoms with E-state index in [1.54, 1.807) is 0 Å². The number of fused-ring (bicyclic) bond motifs is 1. The second-order valence-electron chi connectivity index (χ2n) is 4.95. The zero-order chi connectivity index (χ0) is 15.7. The summed E-state index contributed by atoms with van der Waals surface area (Å²) in [6.07, 6.45) is 1.39. The summed E-state index contributed by atoms with van der Waals surface area (Å²) in [6.45, 7) is 1.90. The maximum absolute atomic E-state index is 12.4. The van der Waals surface area contributed by atoms with Crippen LogP contribution in [0.3, 0.4) is 0 Å². The summed E-state index contributed by atoms with van der Waals surface area (Å²) in [5.74, 6) is -0.474. The van der Waals surface area contributed by atoms with Crippen molar-refractivity contribution in [1.29, 1.82) is 0 Å². The van der Waals surface area contributed by atoms with E-state index in [1.807, 2.05) is 36.6 Å². The van der Waals surface area contributed by atoms with E-state index >= 15 is 0 Å². The van der Waals surface area contributed by atoms with E-state index < -0.39 is 5.97 Å². The van der Waals surface area contributed by atoms with Crippen LogP contribution in [0.25, 0.3) is 21.3 Å². The van der Waals surface area contributed by atoms with Gasteiger partial charge in [-0.15, -0.1) is 11.3 Å². The van der Waals surface area contributed by atoms with E-state index in [2.05, 4.69) is 9.72 Å². The third-order valence-electron chi connectivity index (χ3n) is 3.44. The molecular weight excluding hydrogens is 300 g/mol. The Morgan fingerprint density at radius 3 is 2.73 bits per heavy atom. The first-order chi connectivity index (χ1) is 10.6. The van der Waals surface area contributed by atoms with Crippen LogP contribution in [0.4, 0.5) is 0 Å². The summed E-state index contributed by atoms with van der Waals surface area (Å²) in [6, 6.07) is 8.07. The molecule has 0 aliphatic carbocycles. The molecule has 3 rings (SSSR count). The second kappa shape index (κ2) is 5.73. The van der Waals surface area contributed by atoms with Crippen LogP contribution in [0.15, 0.2) is 40.8 Å². The first-order valence-electron chi connectivity index (χ1n) is 6.70. The van der Waals surface area contributed by atoms with Gasteiger partial charge in [0.15, 0.2) is 0 Å². The molecule has 6 heteroatoms. The van der Waals surface area contributed by atoms with Crippen LogP contribution in [0.2, 0.25) is 0 Å². The molecule has 0 radical (unpaired) electrons. The molecule has 112 valence electrons. The van der Waals surface area contributed by atoms with Gasteiger partial charge in [0, 0.05) is 10.9 Å². The van der Waals surface area contributed by atoms with Crippen molar-refractivity contribution in [3.63, 3.8) is 0 Å². The van der Waals surface area contributed by atoms with Gasteiger partial charge in [0.1, 0.15) is 11.2 Å². The zero-order valence-corrected chi connectivity index (χ0v) is 13.0.